The minimum absolute atomic E-state index is 0.125. The second-order valence-corrected chi connectivity index (χ2v) is 4.69. The van der Waals surface area contributed by atoms with Crippen molar-refractivity contribution in [3.63, 3.8) is 0 Å². The first-order chi connectivity index (χ1) is 8.61. The number of nitrogens with zero attached hydrogens (tertiary/aromatic N) is 1. The van der Waals surface area contributed by atoms with Gasteiger partial charge in [-0.05, 0) is 37.0 Å². The summed E-state index contributed by atoms with van der Waals surface area (Å²) in [4.78, 5) is 1.99. The molecule has 18 heavy (non-hydrogen) atoms. The molecule has 1 aromatic rings. The summed E-state index contributed by atoms with van der Waals surface area (Å²) in [6, 6.07) is 4.64. The first-order valence-corrected chi connectivity index (χ1v) is 6.11. The number of nitrogens with two attached hydrogens (primary N) is 1. The Morgan fingerprint density at radius 1 is 1.56 bits per heavy atom. The summed E-state index contributed by atoms with van der Waals surface area (Å²) in [6.07, 6.45) is 1.75. The number of rotatable bonds is 4. The van der Waals surface area contributed by atoms with Crippen molar-refractivity contribution < 1.29 is 9.50 Å². The first-order valence-electron chi connectivity index (χ1n) is 6.11. The number of nitrogens with one attached hydrogen (secondary N) is 1. The highest BCUT2D eigenvalue weighted by molar-refractivity contribution is 5.95. The van der Waals surface area contributed by atoms with Crippen molar-refractivity contribution in [2.24, 2.45) is 11.7 Å². The fraction of sp³-hybridized carbons (Fsp3) is 0.462. The summed E-state index contributed by atoms with van der Waals surface area (Å²) in [6.45, 7) is 1.77. The van der Waals surface area contributed by atoms with Gasteiger partial charge in [0.25, 0.3) is 0 Å². The summed E-state index contributed by atoms with van der Waals surface area (Å²) in [5.41, 5.74) is 6.28. The molecule has 0 spiro atoms. The van der Waals surface area contributed by atoms with Crippen molar-refractivity contribution in [2.75, 3.05) is 24.6 Å². The topological polar surface area (TPSA) is 73.3 Å². The third kappa shape index (κ3) is 2.61. The van der Waals surface area contributed by atoms with Gasteiger partial charge in [0.1, 0.15) is 11.7 Å². The smallest absolute Gasteiger partial charge is 0.147 e. The molecule has 1 unspecified atom stereocenters. The summed E-state index contributed by atoms with van der Waals surface area (Å²) >= 11 is 0. The number of nitrogen functional groups attached to an aromatic ring is 1. The zero-order valence-corrected chi connectivity index (χ0v) is 10.2. The van der Waals surface area contributed by atoms with Crippen LogP contribution in [-0.4, -0.2) is 30.6 Å². The van der Waals surface area contributed by atoms with Crippen LogP contribution < -0.4 is 10.6 Å². The van der Waals surface area contributed by atoms with E-state index in [4.69, 9.17) is 16.2 Å². The molecular weight excluding hydrogens is 233 g/mol. The van der Waals surface area contributed by atoms with E-state index in [1.54, 1.807) is 12.1 Å². The highest BCUT2D eigenvalue weighted by Gasteiger charge is 2.24. The van der Waals surface area contributed by atoms with Crippen LogP contribution >= 0.6 is 0 Å². The number of hydrogen-bond donors (Lipinski definition) is 3. The van der Waals surface area contributed by atoms with Crippen molar-refractivity contribution in [3.8, 4) is 0 Å². The standard InChI is InChI=1S/C13H18FN3O/c14-11-7-10(13(15)16)1-2-12(11)17-5-3-9(8-17)4-6-18/h1-2,7,9,18H,3-6,8H2,(H3,15,16). The molecule has 1 aromatic carbocycles. The minimum atomic E-state index is -0.340. The molecule has 1 aliphatic heterocycles. The number of halogens is 1. The Kier molecular flexibility index (Phi) is 3.81. The Hall–Kier alpha value is -1.62. The Bertz CT molecular complexity index is 450. The average molecular weight is 251 g/mol. The normalized spacial score (nSPS) is 19.2. The fourth-order valence-corrected chi connectivity index (χ4v) is 2.40. The zero-order valence-electron chi connectivity index (χ0n) is 10.2. The maximum Gasteiger partial charge on any atom is 0.147 e. The van der Waals surface area contributed by atoms with Gasteiger partial charge in [-0.25, -0.2) is 4.39 Å². The Balaban J connectivity index is 2.12. The van der Waals surface area contributed by atoms with Crippen LogP contribution in [0.1, 0.15) is 18.4 Å². The van der Waals surface area contributed by atoms with Crippen molar-refractivity contribution in [3.05, 3.63) is 29.6 Å². The Labute approximate surface area is 106 Å². The molecule has 1 fully saturated rings. The highest BCUT2D eigenvalue weighted by atomic mass is 19.1. The quantitative estimate of drug-likeness (QED) is 0.558. The third-order valence-corrected chi connectivity index (χ3v) is 3.42. The van der Waals surface area contributed by atoms with Crippen LogP contribution in [0, 0.1) is 17.1 Å². The molecule has 0 saturated carbocycles. The predicted octanol–water partition coefficient (Wildman–Crippen LogP) is 1.32. The second-order valence-electron chi connectivity index (χ2n) is 4.69. The molecule has 0 aromatic heterocycles. The van der Waals surface area contributed by atoms with E-state index in [1.165, 1.54) is 6.07 Å². The molecule has 1 heterocycles. The number of aliphatic hydroxyl groups is 1. The van der Waals surface area contributed by atoms with Crippen LogP contribution in [-0.2, 0) is 0 Å². The van der Waals surface area contributed by atoms with E-state index in [9.17, 15) is 4.39 Å². The van der Waals surface area contributed by atoms with Gasteiger partial charge < -0.3 is 15.7 Å². The summed E-state index contributed by atoms with van der Waals surface area (Å²) in [5.74, 6) is -0.0331. The van der Waals surface area contributed by atoms with E-state index in [0.29, 0.717) is 17.2 Å². The van der Waals surface area contributed by atoms with Gasteiger partial charge in [-0.2, -0.15) is 0 Å². The van der Waals surface area contributed by atoms with Crippen molar-refractivity contribution in [2.45, 2.75) is 12.8 Å². The van der Waals surface area contributed by atoms with E-state index in [2.05, 4.69) is 0 Å². The van der Waals surface area contributed by atoms with Crippen molar-refractivity contribution >= 4 is 11.5 Å². The predicted molar refractivity (Wildman–Crippen MR) is 69.4 cm³/mol. The molecule has 1 saturated heterocycles. The number of amidine groups is 1. The van der Waals surface area contributed by atoms with Crippen LogP contribution in [0.2, 0.25) is 0 Å². The van der Waals surface area contributed by atoms with E-state index in [1.807, 2.05) is 4.90 Å². The lowest BCUT2D eigenvalue weighted by atomic mass is 10.1. The fourth-order valence-electron chi connectivity index (χ4n) is 2.40. The van der Waals surface area contributed by atoms with Crippen LogP contribution in [0.3, 0.4) is 0 Å². The lowest BCUT2D eigenvalue weighted by Gasteiger charge is -2.19. The summed E-state index contributed by atoms with van der Waals surface area (Å²) < 4.78 is 13.9. The molecule has 98 valence electrons. The van der Waals surface area contributed by atoms with Crippen LogP contribution in [0.25, 0.3) is 0 Å². The molecule has 5 heteroatoms. The Morgan fingerprint density at radius 3 is 2.94 bits per heavy atom. The largest absolute Gasteiger partial charge is 0.396 e. The van der Waals surface area contributed by atoms with Gasteiger partial charge in [0.2, 0.25) is 0 Å². The second kappa shape index (κ2) is 5.35. The van der Waals surface area contributed by atoms with Crippen molar-refractivity contribution in [1.82, 2.24) is 0 Å². The van der Waals surface area contributed by atoms with Crippen molar-refractivity contribution in [1.29, 1.82) is 5.41 Å². The zero-order chi connectivity index (χ0) is 13.1. The SMILES string of the molecule is N=C(N)c1ccc(N2CCC(CCO)C2)c(F)c1. The number of anilines is 1. The molecule has 1 atom stereocenters. The molecule has 4 N–H and O–H groups in total. The lowest BCUT2D eigenvalue weighted by molar-refractivity contribution is 0.263. The summed E-state index contributed by atoms with van der Waals surface area (Å²) in [7, 11) is 0. The minimum Gasteiger partial charge on any atom is -0.396 e. The van der Waals surface area contributed by atoms with Gasteiger partial charge in [-0.3, -0.25) is 5.41 Å². The molecule has 4 nitrogen and oxygen atoms in total. The monoisotopic (exact) mass is 251 g/mol. The summed E-state index contributed by atoms with van der Waals surface area (Å²) in [5, 5.41) is 16.2. The van der Waals surface area contributed by atoms with E-state index < -0.39 is 0 Å². The number of hydrogen-bond acceptors (Lipinski definition) is 3. The highest BCUT2D eigenvalue weighted by Crippen LogP contribution is 2.28. The molecule has 0 bridgehead atoms. The van der Waals surface area contributed by atoms with E-state index in [0.717, 1.165) is 25.9 Å². The van der Waals surface area contributed by atoms with Gasteiger partial charge in [0, 0.05) is 25.3 Å². The molecule has 1 aliphatic rings. The van der Waals surface area contributed by atoms with Crippen LogP contribution in [0.5, 0.6) is 0 Å². The van der Waals surface area contributed by atoms with Crippen LogP contribution in [0.15, 0.2) is 18.2 Å². The van der Waals surface area contributed by atoms with Gasteiger partial charge in [-0.1, -0.05) is 0 Å². The molecule has 2 rings (SSSR count). The number of aliphatic hydroxyl groups excluding tert-OH is 1. The van der Waals surface area contributed by atoms with Gasteiger partial charge >= 0.3 is 0 Å². The molecule has 0 aliphatic carbocycles. The molecule has 0 amide bonds. The maximum atomic E-state index is 13.9. The van der Waals surface area contributed by atoms with E-state index in [-0.39, 0.29) is 18.3 Å². The average Bonchev–Trinajstić information content (AvgIpc) is 2.77. The third-order valence-electron chi connectivity index (χ3n) is 3.42. The molecule has 0 radical (unpaired) electrons. The van der Waals surface area contributed by atoms with Crippen LogP contribution in [0.4, 0.5) is 10.1 Å². The maximum absolute atomic E-state index is 13.9. The van der Waals surface area contributed by atoms with Gasteiger partial charge in [-0.15, -0.1) is 0 Å². The molecular formula is C13H18FN3O. The first kappa shape index (κ1) is 12.8. The van der Waals surface area contributed by atoms with Gasteiger partial charge in [0.15, 0.2) is 0 Å². The Morgan fingerprint density at radius 2 is 2.33 bits per heavy atom. The van der Waals surface area contributed by atoms with E-state index >= 15 is 0 Å². The lowest BCUT2D eigenvalue weighted by Crippen LogP contribution is -2.21. The number of benzene rings is 1. The van der Waals surface area contributed by atoms with Gasteiger partial charge in [0.05, 0.1) is 5.69 Å².